The largest absolute Gasteiger partial charge is 0.444 e. The molecule has 0 bridgehead atoms. The normalized spacial score (nSPS) is 16.5. The molecule has 1 N–H and O–H groups in total. The maximum atomic E-state index is 12.8. The molecule has 0 fully saturated rings. The molecule has 2 aromatic heterocycles. The molecule has 33 heavy (non-hydrogen) atoms. The number of halogens is 6. The monoisotopic (exact) mass is 482 g/mol. The molecule has 0 aromatic carbocycles. The summed E-state index contributed by atoms with van der Waals surface area (Å²) in [4.78, 5) is 19.9. The maximum Gasteiger partial charge on any atom is 0.435 e. The van der Waals surface area contributed by atoms with E-state index in [-0.39, 0.29) is 31.0 Å². The van der Waals surface area contributed by atoms with Gasteiger partial charge in [-0.2, -0.15) is 26.3 Å². The molecule has 2 aliphatic heterocycles. The molecule has 2 aliphatic rings. The third-order valence-corrected chi connectivity index (χ3v) is 4.85. The molecule has 0 aliphatic carbocycles. The Morgan fingerprint density at radius 3 is 2.00 bits per heavy atom. The molecule has 184 valence electrons. The SMILES string of the molecule is CC(C)(C)OC(=O)N1CCn2cnc(C(F)(F)F)c2C1.FC(F)(F)c1ncn2c1CNCC2. The van der Waals surface area contributed by atoms with Gasteiger partial charge < -0.3 is 24.1 Å². The Labute approximate surface area is 185 Å². The van der Waals surface area contributed by atoms with Crippen LogP contribution in [0.4, 0.5) is 31.1 Å². The van der Waals surface area contributed by atoms with Gasteiger partial charge in [0.1, 0.15) is 5.60 Å². The molecule has 1 amide bonds. The van der Waals surface area contributed by atoms with Crippen molar-refractivity contribution in [1.82, 2.24) is 29.3 Å². The first-order valence-corrected chi connectivity index (χ1v) is 10.1. The van der Waals surface area contributed by atoms with Crippen molar-refractivity contribution in [2.75, 3.05) is 13.1 Å². The third kappa shape index (κ3) is 5.97. The van der Waals surface area contributed by atoms with Crippen LogP contribution in [0, 0.1) is 0 Å². The minimum absolute atomic E-state index is 0.00499. The molecule has 0 radical (unpaired) electrons. The molecule has 0 unspecified atom stereocenters. The number of amides is 1. The van der Waals surface area contributed by atoms with Crippen LogP contribution in [0.3, 0.4) is 0 Å². The number of alkyl halides is 6. The van der Waals surface area contributed by atoms with Gasteiger partial charge in [-0.15, -0.1) is 0 Å². The topological polar surface area (TPSA) is 77.2 Å². The number of nitrogens with one attached hydrogen (secondary N) is 1. The lowest BCUT2D eigenvalue weighted by atomic mass is 10.2. The first-order chi connectivity index (χ1) is 15.2. The molecule has 14 heteroatoms. The van der Waals surface area contributed by atoms with E-state index in [1.807, 2.05) is 0 Å². The first kappa shape index (κ1) is 24.9. The van der Waals surface area contributed by atoms with Gasteiger partial charge in [0.2, 0.25) is 0 Å². The Morgan fingerprint density at radius 2 is 1.45 bits per heavy atom. The highest BCUT2D eigenvalue weighted by Crippen LogP contribution is 2.33. The van der Waals surface area contributed by atoms with E-state index in [4.69, 9.17) is 4.74 Å². The van der Waals surface area contributed by atoms with Crippen LogP contribution >= 0.6 is 0 Å². The molecule has 0 atom stereocenters. The predicted molar refractivity (Wildman–Crippen MR) is 103 cm³/mol. The van der Waals surface area contributed by atoms with Crippen molar-refractivity contribution < 1.29 is 35.9 Å². The van der Waals surface area contributed by atoms with Gasteiger partial charge in [-0.05, 0) is 20.8 Å². The number of hydrogen-bond acceptors (Lipinski definition) is 5. The zero-order chi connectivity index (χ0) is 24.6. The summed E-state index contributed by atoms with van der Waals surface area (Å²) in [6.45, 7) is 7.05. The molecular formula is C19H24F6N6O2. The van der Waals surface area contributed by atoms with E-state index in [9.17, 15) is 31.1 Å². The van der Waals surface area contributed by atoms with Crippen molar-refractivity contribution >= 4 is 6.09 Å². The van der Waals surface area contributed by atoms with E-state index in [1.165, 1.54) is 15.8 Å². The summed E-state index contributed by atoms with van der Waals surface area (Å²) in [6, 6.07) is 0. The average molecular weight is 482 g/mol. The quantitative estimate of drug-likeness (QED) is 0.580. The number of aromatic nitrogens is 4. The summed E-state index contributed by atoms with van der Waals surface area (Å²) in [5, 5.41) is 2.88. The Bertz CT molecular complexity index is 989. The second-order valence-electron chi connectivity index (χ2n) is 8.54. The van der Waals surface area contributed by atoms with Crippen molar-refractivity contribution in [2.24, 2.45) is 0 Å². The highest BCUT2D eigenvalue weighted by Gasteiger charge is 2.40. The standard InChI is InChI=1S/C12H16F3N3O2.C7H8F3N3/c1-11(2,3)20-10(19)17-4-5-18-7-16-9(8(18)6-17)12(13,14)15;8-7(9,10)6-5-3-11-1-2-13(5)4-12-6/h7H,4-6H2,1-3H3;4,11H,1-3H2. The number of ether oxygens (including phenoxy) is 1. The van der Waals surface area contributed by atoms with Gasteiger partial charge in [0.25, 0.3) is 0 Å². The van der Waals surface area contributed by atoms with Crippen LogP contribution in [0.5, 0.6) is 0 Å². The van der Waals surface area contributed by atoms with Crippen LogP contribution < -0.4 is 5.32 Å². The third-order valence-electron chi connectivity index (χ3n) is 4.85. The van der Waals surface area contributed by atoms with E-state index >= 15 is 0 Å². The lowest BCUT2D eigenvalue weighted by molar-refractivity contribution is -0.142. The molecule has 0 saturated heterocycles. The number of carbonyl (C=O) groups excluding carboxylic acids is 1. The summed E-state index contributed by atoms with van der Waals surface area (Å²) in [6.07, 6.45) is -7.06. The number of fused-ring (bicyclic) bond motifs is 2. The van der Waals surface area contributed by atoms with E-state index in [0.29, 0.717) is 19.6 Å². The molecule has 8 nitrogen and oxygen atoms in total. The minimum Gasteiger partial charge on any atom is -0.444 e. The molecular weight excluding hydrogens is 458 g/mol. The van der Waals surface area contributed by atoms with E-state index in [0.717, 1.165) is 6.33 Å². The highest BCUT2D eigenvalue weighted by atomic mass is 19.4. The fourth-order valence-electron chi connectivity index (χ4n) is 3.40. The zero-order valence-corrected chi connectivity index (χ0v) is 18.2. The zero-order valence-electron chi connectivity index (χ0n) is 18.2. The molecule has 0 saturated carbocycles. The van der Waals surface area contributed by atoms with Gasteiger partial charge >= 0.3 is 18.4 Å². The van der Waals surface area contributed by atoms with Crippen molar-refractivity contribution in [2.45, 2.75) is 64.9 Å². The van der Waals surface area contributed by atoms with Gasteiger partial charge in [0.15, 0.2) is 11.4 Å². The maximum absolute atomic E-state index is 12.8. The van der Waals surface area contributed by atoms with Gasteiger partial charge in [-0.3, -0.25) is 0 Å². The second-order valence-corrected chi connectivity index (χ2v) is 8.54. The summed E-state index contributed by atoms with van der Waals surface area (Å²) in [7, 11) is 0. The number of nitrogens with zero attached hydrogens (tertiary/aromatic N) is 5. The molecule has 2 aromatic rings. The summed E-state index contributed by atoms with van der Waals surface area (Å²) in [5.41, 5.74) is -2.15. The number of rotatable bonds is 0. The molecule has 4 heterocycles. The minimum atomic E-state index is -4.52. The Hall–Kier alpha value is -2.77. The summed E-state index contributed by atoms with van der Waals surface area (Å²) >= 11 is 0. The van der Waals surface area contributed by atoms with E-state index in [2.05, 4.69) is 15.3 Å². The fourth-order valence-corrected chi connectivity index (χ4v) is 3.40. The number of carbonyl (C=O) groups is 1. The summed E-state index contributed by atoms with van der Waals surface area (Å²) < 4.78 is 83.4. The van der Waals surface area contributed by atoms with Crippen LogP contribution in [-0.2, 0) is 43.3 Å². The van der Waals surface area contributed by atoms with Gasteiger partial charge in [0, 0.05) is 32.7 Å². The Balaban J connectivity index is 0.000000203. The van der Waals surface area contributed by atoms with Crippen molar-refractivity contribution in [3.05, 3.63) is 35.4 Å². The van der Waals surface area contributed by atoms with Crippen molar-refractivity contribution in [3.63, 3.8) is 0 Å². The Morgan fingerprint density at radius 1 is 0.909 bits per heavy atom. The molecule has 0 spiro atoms. The summed E-state index contributed by atoms with van der Waals surface area (Å²) in [5.74, 6) is 0. The first-order valence-electron chi connectivity index (χ1n) is 10.1. The van der Waals surface area contributed by atoms with Crippen LogP contribution in [0.25, 0.3) is 0 Å². The smallest absolute Gasteiger partial charge is 0.435 e. The predicted octanol–water partition coefficient (Wildman–Crippen LogP) is 3.66. The van der Waals surface area contributed by atoms with Crippen LogP contribution in [0.2, 0.25) is 0 Å². The lowest BCUT2D eigenvalue weighted by Crippen LogP contribution is -2.41. The van der Waals surface area contributed by atoms with Gasteiger partial charge in [-0.1, -0.05) is 0 Å². The Kier molecular flexibility index (Phi) is 6.69. The van der Waals surface area contributed by atoms with Crippen LogP contribution in [0.1, 0.15) is 43.5 Å². The van der Waals surface area contributed by atoms with Crippen LogP contribution in [-0.4, -0.2) is 48.8 Å². The fraction of sp³-hybridized carbons (Fsp3) is 0.632. The lowest BCUT2D eigenvalue weighted by Gasteiger charge is -2.31. The van der Waals surface area contributed by atoms with Gasteiger partial charge in [0.05, 0.1) is 30.6 Å². The second kappa shape index (κ2) is 8.88. The van der Waals surface area contributed by atoms with Gasteiger partial charge in [-0.25, -0.2) is 14.8 Å². The van der Waals surface area contributed by atoms with Crippen molar-refractivity contribution in [3.8, 4) is 0 Å². The number of hydrogen-bond donors (Lipinski definition) is 1. The molecule has 4 rings (SSSR count). The highest BCUT2D eigenvalue weighted by molar-refractivity contribution is 5.68. The van der Waals surface area contributed by atoms with Crippen LogP contribution in [0.15, 0.2) is 12.7 Å². The van der Waals surface area contributed by atoms with E-state index in [1.54, 1.807) is 25.3 Å². The van der Waals surface area contributed by atoms with Crippen molar-refractivity contribution in [1.29, 1.82) is 0 Å². The number of imidazole rings is 2. The average Bonchev–Trinajstić information content (AvgIpc) is 3.30. The van der Waals surface area contributed by atoms with E-state index < -0.39 is 35.4 Å².